The monoisotopic (exact) mass is 596 g/mol. The van der Waals surface area contributed by atoms with Gasteiger partial charge in [-0.2, -0.15) is 0 Å². The van der Waals surface area contributed by atoms with Crippen molar-refractivity contribution in [2.24, 2.45) is 0 Å². The van der Waals surface area contributed by atoms with Crippen molar-refractivity contribution in [3.05, 3.63) is 132 Å². The molecule has 2 N–H and O–H groups in total. The first-order valence-corrected chi connectivity index (χ1v) is 16.6. The normalized spacial score (nSPS) is 12.3. The highest BCUT2D eigenvalue weighted by atomic mass is 32.2. The van der Waals surface area contributed by atoms with E-state index in [1.807, 2.05) is 121 Å². The highest BCUT2D eigenvalue weighted by Crippen LogP contribution is 2.36. The number of thioether (sulfide) groups is 2. The molecule has 0 bridgehead atoms. The molecule has 0 spiro atoms. The lowest BCUT2D eigenvalue weighted by molar-refractivity contribution is -0.121. The molecule has 4 rings (SSSR count). The number of amides is 2. The Morgan fingerprint density at radius 2 is 0.762 bits per heavy atom. The summed E-state index contributed by atoms with van der Waals surface area (Å²) in [6.07, 6.45) is 6.35. The first-order chi connectivity index (χ1) is 20.7. The zero-order valence-electron chi connectivity index (χ0n) is 24.0. The van der Waals surface area contributed by atoms with E-state index in [2.05, 4.69) is 10.6 Å². The second kappa shape index (κ2) is 18.1. The molecule has 218 valence electrons. The average molecular weight is 597 g/mol. The molecule has 0 aliphatic heterocycles. The predicted octanol–water partition coefficient (Wildman–Crippen LogP) is 8.63. The van der Waals surface area contributed by atoms with Gasteiger partial charge in [0, 0.05) is 22.9 Å². The molecule has 4 aromatic carbocycles. The Kier molecular flexibility index (Phi) is 13.6. The molecular formula is C36H40N2O2S2. The van der Waals surface area contributed by atoms with Crippen molar-refractivity contribution in [3.63, 3.8) is 0 Å². The molecule has 42 heavy (non-hydrogen) atoms. The third kappa shape index (κ3) is 10.7. The van der Waals surface area contributed by atoms with Gasteiger partial charge in [-0.1, -0.05) is 123 Å². The fourth-order valence-corrected chi connectivity index (χ4v) is 6.78. The second-order valence-corrected chi connectivity index (χ2v) is 12.5. The summed E-state index contributed by atoms with van der Waals surface area (Å²) in [5, 5.41) is 5.78. The molecular weight excluding hydrogens is 557 g/mol. The predicted molar refractivity (Wildman–Crippen MR) is 177 cm³/mol. The Bertz CT molecular complexity index is 1220. The number of carbonyl (C=O) groups is 2. The molecule has 0 aromatic heterocycles. The Morgan fingerprint density at radius 3 is 1.12 bits per heavy atom. The van der Waals surface area contributed by atoms with Crippen molar-refractivity contribution in [3.8, 4) is 0 Å². The minimum absolute atomic E-state index is 0.0602. The molecule has 2 amide bonds. The molecule has 0 saturated carbocycles. The maximum absolute atomic E-state index is 13.1. The number of benzene rings is 4. The van der Waals surface area contributed by atoms with Gasteiger partial charge in [-0.15, -0.1) is 23.5 Å². The van der Waals surface area contributed by atoms with Gasteiger partial charge in [0.1, 0.15) is 10.5 Å². The van der Waals surface area contributed by atoms with E-state index in [-0.39, 0.29) is 22.3 Å². The van der Waals surface area contributed by atoms with Crippen LogP contribution in [0.25, 0.3) is 0 Å². The fourth-order valence-electron chi connectivity index (χ4n) is 4.64. The van der Waals surface area contributed by atoms with E-state index in [4.69, 9.17) is 0 Å². The smallest absolute Gasteiger partial charge is 0.237 e. The third-order valence-corrected chi connectivity index (χ3v) is 9.41. The van der Waals surface area contributed by atoms with E-state index in [0.29, 0.717) is 13.1 Å². The quantitative estimate of drug-likeness (QED) is 0.0946. The highest BCUT2D eigenvalue weighted by Gasteiger charge is 2.22. The van der Waals surface area contributed by atoms with Crippen LogP contribution in [0.15, 0.2) is 131 Å². The summed E-state index contributed by atoms with van der Waals surface area (Å²) in [5.74, 6) is 0.120. The van der Waals surface area contributed by atoms with Crippen LogP contribution in [0.5, 0.6) is 0 Å². The summed E-state index contributed by atoms with van der Waals surface area (Å²) in [7, 11) is 0. The lowest BCUT2D eigenvalue weighted by Gasteiger charge is -2.17. The van der Waals surface area contributed by atoms with E-state index in [0.717, 1.165) is 59.4 Å². The number of rotatable bonds is 17. The molecule has 6 heteroatoms. The van der Waals surface area contributed by atoms with Crippen molar-refractivity contribution >= 4 is 35.3 Å². The topological polar surface area (TPSA) is 58.2 Å². The molecule has 0 saturated heterocycles. The van der Waals surface area contributed by atoms with E-state index < -0.39 is 0 Å². The fraction of sp³-hybridized carbons (Fsp3) is 0.278. The van der Waals surface area contributed by atoms with Crippen molar-refractivity contribution in [1.82, 2.24) is 10.6 Å². The van der Waals surface area contributed by atoms with E-state index in [1.165, 1.54) is 0 Å². The van der Waals surface area contributed by atoms with Crippen molar-refractivity contribution in [2.45, 2.75) is 58.8 Å². The Hall–Kier alpha value is -3.48. The van der Waals surface area contributed by atoms with Crippen LogP contribution in [-0.4, -0.2) is 24.9 Å². The van der Waals surface area contributed by atoms with Crippen LogP contribution in [0.2, 0.25) is 0 Å². The van der Waals surface area contributed by atoms with E-state index >= 15 is 0 Å². The summed E-state index contributed by atoms with van der Waals surface area (Å²) in [6, 6.07) is 40.2. The number of hydrogen-bond acceptors (Lipinski definition) is 4. The number of carbonyl (C=O) groups excluding carboxylic acids is 2. The molecule has 2 unspecified atom stereocenters. The van der Waals surface area contributed by atoms with Gasteiger partial charge in [0.05, 0.1) is 0 Å². The average Bonchev–Trinajstić information content (AvgIpc) is 3.05. The van der Waals surface area contributed by atoms with Crippen molar-refractivity contribution in [2.75, 3.05) is 13.1 Å². The molecule has 0 heterocycles. The molecule has 2 atom stereocenters. The molecule has 0 aliphatic rings. The van der Waals surface area contributed by atoms with Crippen LogP contribution in [0.1, 0.15) is 60.2 Å². The van der Waals surface area contributed by atoms with Gasteiger partial charge >= 0.3 is 0 Å². The van der Waals surface area contributed by atoms with Gasteiger partial charge in [0.25, 0.3) is 0 Å². The van der Waals surface area contributed by atoms with Crippen molar-refractivity contribution in [1.29, 1.82) is 0 Å². The number of nitrogens with one attached hydrogen (secondary N) is 2. The summed E-state index contributed by atoms with van der Waals surface area (Å²) in [6.45, 7) is 1.38. The number of hydrogen-bond donors (Lipinski definition) is 2. The van der Waals surface area contributed by atoms with Gasteiger partial charge in [-0.3, -0.25) is 9.59 Å². The summed E-state index contributed by atoms with van der Waals surface area (Å²) < 4.78 is 0. The maximum Gasteiger partial charge on any atom is 0.237 e. The van der Waals surface area contributed by atoms with Gasteiger partial charge in [-0.25, -0.2) is 0 Å². The molecule has 4 aromatic rings. The van der Waals surface area contributed by atoms with Crippen LogP contribution in [0.4, 0.5) is 0 Å². The molecule has 0 fully saturated rings. The first-order valence-electron chi connectivity index (χ1n) is 14.8. The lowest BCUT2D eigenvalue weighted by atomic mass is 10.1. The van der Waals surface area contributed by atoms with Gasteiger partial charge in [0.15, 0.2) is 0 Å². The summed E-state index contributed by atoms with van der Waals surface area (Å²) in [5.41, 5.74) is 2.04. The third-order valence-electron chi connectivity index (χ3n) is 6.88. The first kappa shape index (κ1) is 31.5. The van der Waals surface area contributed by atoms with Crippen molar-refractivity contribution < 1.29 is 9.59 Å². The SMILES string of the molecule is O=C(NCCCCCCCCNC(=O)C(Sc1ccccc1)c1ccccc1)C(Sc1ccccc1)c1ccccc1. The van der Waals surface area contributed by atoms with Gasteiger partial charge < -0.3 is 10.6 Å². The van der Waals surface area contributed by atoms with E-state index in [9.17, 15) is 9.59 Å². The molecule has 4 nitrogen and oxygen atoms in total. The zero-order chi connectivity index (χ0) is 29.2. The molecule has 0 aliphatic carbocycles. The van der Waals surface area contributed by atoms with Crippen LogP contribution in [0.3, 0.4) is 0 Å². The van der Waals surface area contributed by atoms with Crippen LogP contribution in [-0.2, 0) is 9.59 Å². The Labute approximate surface area is 259 Å². The standard InChI is InChI=1S/C36H40N2O2S2/c39-35(33(29-19-9-5-10-20-29)41-31-23-13-7-14-24-31)37-27-17-3-1-2-4-18-28-38-36(40)34(30-21-11-6-12-22-30)42-32-25-15-8-16-26-32/h5-16,19-26,33-34H,1-4,17-18,27-28H2,(H,37,39)(H,38,40). The Balaban J connectivity index is 1.11. The van der Waals surface area contributed by atoms with Gasteiger partial charge in [-0.05, 0) is 48.2 Å². The minimum atomic E-state index is -0.267. The zero-order valence-corrected chi connectivity index (χ0v) is 25.6. The minimum Gasteiger partial charge on any atom is -0.355 e. The summed E-state index contributed by atoms with van der Waals surface area (Å²) in [4.78, 5) is 28.3. The largest absolute Gasteiger partial charge is 0.355 e. The molecule has 0 radical (unpaired) electrons. The highest BCUT2D eigenvalue weighted by molar-refractivity contribution is 8.00. The van der Waals surface area contributed by atoms with Crippen LogP contribution < -0.4 is 10.6 Å². The lowest BCUT2D eigenvalue weighted by Crippen LogP contribution is -2.29. The maximum atomic E-state index is 13.1. The Morgan fingerprint density at radius 1 is 0.452 bits per heavy atom. The number of unbranched alkanes of at least 4 members (excludes halogenated alkanes) is 5. The van der Waals surface area contributed by atoms with Crippen LogP contribution >= 0.6 is 23.5 Å². The second-order valence-electron chi connectivity index (χ2n) is 10.1. The van der Waals surface area contributed by atoms with E-state index in [1.54, 1.807) is 23.5 Å². The van der Waals surface area contributed by atoms with Gasteiger partial charge in [0.2, 0.25) is 11.8 Å². The van der Waals surface area contributed by atoms with Crippen LogP contribution in [0, 0.1) is 0 Å². The summed E-state index contributed by atoms with van der Waals surface area (Å²) >= 11 is 3.18.